The lowest BCUT2D eigenvalue weighted by Crippen LogP contribution is -2.43. The molecule has 0 aliphatic carbocycles. The standard InChI is InChI=1S/C21H29N3O4S/c1-14-19(15(2)28-23-14)29(26,27)24-12-6-7-16(13-24)20(25)22-18-10-8-17(9-11-18)21(3,4)5/h8-11,16H,6-7,12-13H2,1-5H3,(H,22,25). The van der Waals surface area contributed by atoms with Gasteiger partial charge in [0.05, 0.1) is 5.92 Å². The van der Waals surface area contributed by atoms with Gasteiger partial charge < -0.3 is 9.84 Å². The van der Waals surface area contributed by atoms with E-state index >= 15 is 0 Å². The van der Waals surface area contributed by atoms with Crippen LogP contribution in [0.5, 0.6) is 0 Å². The molecule has 1 unspecified atom stereocenters. The number of aromatic nitrogens is 1. The lowest BCUT2D eigenvalue weighted by Gasteiger charge is -2.31. The van der Waals surface area contributed by atoms with Crippen molar-refractivity contribution >= 4 is 21.6 Å². The van der Waals surface area contributed by atoms with Crippen molar-refractivity contribution < 1.29 is 17.7 Å². The summed E-state index contributed by atoms with van der Waals surface area (Å²) in [5.41, 5.74) is 2.28. The first-order valence-corrected chi connectivity index (χ1v) is 11.3. The van der Waals surface area contributed by atoms with Crippen LogP contribution in [0.3, 0.4) is 0 Å². The van der Waals surface area contributed by atoms with Gasteiger partial charge in [0.25, 0.3) is 0 Å². The Hall–Kier alpha value is -2.19. The Morgan fingerprint density at radius 1 is 1.21 bits per heavy atom. The second-order valence-corrected chi connectivity index (χ2v) is 10.5. The normalized spacial score (nSPS) is 18.6. The van der Waals surface area contributed by atoms with E-state index in [-0.39, 0.29) is 28.5 Å². The molecule has 7 nitrogen and oxygen atoms in total. The van der Waals surface area contributed by atoms with Gasteiger partial charge in [0.1, 0.15) is 10.6 Å². The van der Waals surface area contributed by atoms with Gasteiger partial charge in [-0.2, -0.15) is 4.31 Å². The zero-order chi connectivity index (χ0) is 21.4. The van der Waals surface area contributed by atoms with Crippen LogP contribution in [0.4, 0.5) is 5.69 Å². The van der Waals surface area contributed by atoms with Crippen LogP contribution in [0.25, 0.3) is 0 Å². The van der Waals surface area contributed by atoms with Crippen molar-refractivity contribution in [2.75, 3.05) is 18.4 Å². The number of amides is 1. The molecule has 1 fully saturated rings. The smallest absolute Gasteiger partial charge is 0.248 e. The molecule has 2 aromatic rings. The third-order valence-corrected chi connectivity index (χ3v) is 7.45. The summed E-state index contributed by atoms with van der Waals surface area (Å²) in [6, 6.07) is 7.79. The molecule has 1 aromatic carbocycles. The van der Waals surface area contributed by atoms with E-state index in [0.717, 1.165) is 0 Å². The Morgan fingerprint density at radius 2 is 1.86 bits per heavy atom. The highest BCUT2D eigenvalue weighted by molar-refractivity contribution is 7.89. The number of nitrogens with one attached hydrogen (secondary N) is 1. The Morgan fingerprint density at radius 3 is 2.41 bits per heavy atom. The van der Waals surface area contributed by atoms with E-state index in [9.17, 15) is 13.2 Å². The van der Waals surface area contributed by atoms with Crippen LogP contribution in [0.1, 0.15) is 50.6 Å². The highest BCUT2D eigenvalue weighted by atomic mass is 32.2. The Kier molecular flexibility index (Phi) is 5.87. The fourth-order valence-corrected chi connectivity index (χ4v) is 5.46. The maximum atomic E-state index is 13.0. The topological polar surface area (TPSA) is 92.5 Å². The number of carbonyl (C=O) groups excluding carboxylic acids is 1. The number of carbonyl (C=O) groups is 1. The Balaban J connectivity index is 1.71. The molecule has 1 aromatic heterocycles. The predicted octanol–water partition coefficient (Wildman–Crippen LogP) is 3.63. The number of hydrogen-bond donors (Lipinski definition) is 1. The number of nitrogens with zero attached hydrogens (tertiary/aromatic N) is 2. The monoisotopic (exact) mass is 419 g/mol. The third kappa shape index (κ3) is 4.53. The number of piperidine rings is 1. The van der Waals surface area contributed by atoms with Gasteiger partial charge in [-0.1, -0.05) is 38.1 Å². The fraction of sp³-hybridized carbons (Fsp3) is 0.524. The molecule has 1 amide bonds. The molecule has 8 heteroatoms. The van der Waals surface area contributed by atoms with Crippen LogP contribution in [0.15, 0.2) is 33.7 Å². The van der Waals surface area contributed by atoms with Gasteiger partial charge in [0, 0.05) is 18.8 Å². The van der Waals surface area contributed by atoms with E-state index in [0.29, 0.717) is 30.8 Å². The van der Waals surface area contributed by atoms with Crippen LogP contribution >= 0.6 is 0 Å². The fourth-order valence-electron chi connectivity index (χ4n) is 3.64. The number of hydrogen-bond acceptors (Lipinski definition) is 5. The molecule has 2 heterocycles. The van der Waals surface area contributed by atoms with E-state index in [4.69, 9.17) is 4.52 Å². The summed E-state index contributed by atoms with van der Waals surface area (Å²) in [4.78, 5) is 12.9. The molecule has 0 spiro atoms. The number of sulfonamides is 1. The first-order valence-electron chi connectivity index (χ1n) is 9.84. The van der Waals surface area contributed by atoms with E-state index in [1.807, 2.05) is 24.3 Å². The minimum atomic E-state index is -3.74. The van der Waals surface area contributed by atoms with Crippen LogP contribution in [0.2, 0.25) is 0 Å². The SMILES string of the molecule is Cc1noc(C)c1S(=O)(=O)N1CCCC(C(=O)Nc2ccc(C(C)(C)C)cc2)C1. The maximum absolute atomic E-state index is 13.0. The lowest BCUT2D eigenvalue weighted by atomic mass is 9.87. The van der Waals surface area contributed by atoms with Gasteiger partial charge in [-0.3, -0.25) is 4.79 Å². The van der Waals surface area contributed by atoms with Gasteiger partial charge in [-0.05, 0) is 49.8 Å². The molecular formula is C21H29N3O4S. The highest BCUT2D eigenvalue weighted by Gasteiger charge is 2.36. The molecule has 1 N–H and O–H groups in total. The third-order valence-electron chi connectivity index (χ3n) is 5.34. The predicted molar refractivity (Wildman–Crippen MR) is 111 cm³/mol. The van der Waals surface area contributed by atoms with Gasteiger partial charge in [-0.15, -0.1) is 0 Å². The molecule has 29 heavy (non-hydrogen) atoms. The Labute approximate surface area is 172 Å². The maximum Gasteiger partial charge on any atom is 0.248 e. The number of aryl methyl sites for hydroxylation is 2. The van der Waals surface area contributed by atoms with Crippen LogP contribution in [-0.2, 0) is 20.2 Å². The number of rotatable bonds is 4. The first kappa shape index (κ1) is 21.5. The minimum absolute atomic E-state index is 0.0406. The summed E-state index contributed by atoms with van der Waals surface area (Å²) in [7, 11) is -3.74. The molecule has 0 saturated carbocycles. The quantitative estimate of drug-likeness (QED) is 0.817. The summed E-state index contributed by atoms with van der Waals surface area (Å²) in [6.45, 7) is 10.1. The highest BCUT2D eigenvalue weighted by Crippen LogP contribution is 2.29. The van der Waals surface area contributed by atoms with Crippen molar-refractivity contribution in [2.45, 2.75) is 57.8 Å². The van der Waals surface area contributed by atoms with Gasteiger partial charge in [0.15, 0.2) is 5.76 Å². The lowest BCUT2D eigenvalue weighted by molar-refractivity contribution is -0.120. The molecule has 0 radical (unpaired) electrons. The van der Waals surface area contributed by atoms with E-state index in [1.165, 1.54) is 9.87 Å². The van der Waals surface area contributed by atoms with Gasteiger partial charge >= 0.3 is 0 Å². The summed E-state index contributed by atoms with van der Waals surface area (Å²) < 4.78 is 32.5. The largest absolute Gasteiger partial charge is 0.360 e. The molecular weight excluding hydrogens is 390 g/mol. The van der Waals surface area contributed by atoms with E-state index < -0.39 is 15.9 Å². The van der Waals surface area contributed by atoms with Crippen LogP contribution < -0.4 is 5.32 Å². The average molecular weight is 420 g/mol. The van der Waals surface area contributed by atoms with Crippen molar-refractivity contribution in [2.24, 2.45) is 5.92 Å². The molecule has 0 bridgehead atoms. The molecule has 1 aliphatic heterocycles. The van der Waals surface area contributed by atoms with E-state index in [2.05, 4.69) is 31.2 Å². The van der Waals surface area contributed by atoms with Gasteiger partial charge in [0.2, 0.25) is 15.9 Å². The second kappa shape index (κ2) is 7.91. The molecule has 1 aliphatic rings. The zero-order valence-corrected chi connectivity index (χ0v) is 18.5. The molecule has 158 valence electrons. The Bertz CT molecular complexity index is 968. The summed E-state index contributed by atoms with van der Waals surface area (Å²) in [6.07, 6.45) is 1.28. The van der Waals surface area contributed by atoms with Crippen molar-refractivity contribution in [3.63, 3.8) is 0 Å². The summed E-state index contributed by atoms with van der Waals surface area (Å²) >= 11 is 0. The average Bonchev–Trinajstić information content (AvgIpc) is 3.00. The number of anilines is 1. The van der Waals surface area contributed by atoms with Crippen LogP contribution in [-0.4, -0.2) is 36.9 Å². The van der Waals surface area contributed by atoms with Crippen molar-refractivity contribution in [1.29, 1.82) is 0 Å². The van der Waals surface area contributed by atoms with Crippen molar-refractivity contribution in [3.05, 3.63) is 41.3 Å². The molecule has 1 atom stereocenters. The van der Waals surface area contributed by atoms with Gasteiger partial charge in [-0.25, -0.2) is 8.42 Å². The number of benzene rings is 1. The van der Waals surface area contributed by atoms with E-state index in [1.54, 1.807) is 13.8 Å². The van der Waals surface area contributed by atoms with Crippen LogP contribution in [0, 0.1) is 19.8 Å². The molecule has 3 rings (SSSR count). The molecule has 1 saturated heterocycles. The summed E-state index contributed by atoms with van der Waals surface area (Å²) in [5, 5.41) is 6.68. The first-order chi connectivity index (χ1) is 13.5. The minimum Gasteiger partial charge on any atom is -0.360 e. The van der Waals surface area contributed by atoms with Crippen molar-refractivity contribution in [3.8, 4) is 0 Å². The summed E-state index contributed by atoms with van der Waals surface area (Å²) in [5.74, 6) is -0.290. The zero-order valence-electron chi connectivity index (χ0n) is 17.7. The van der Waals surface area contributed by atoms with Crippen molar-refractivity contribution in [1.82, 2.24) is 9.46 Å². The second-order valence-electron chi connectivity index (χ2n) is 8.67.